The molecule has 2 amide bonds. The number of carbonyl (C=O) groups excluding carboxylic acids is 2. The minimum atomic E-state index is -0.155. The van der Waals surface area contributed by atoms with Crippen molar-refractivity contribution < 1.29 is 14.3 Å². The molecule has 0 aliphatic carbocycles. The Morgan fingerprint density at radius 2 is 1.88 bits per heavy atom. The van der Waals surface area contributed by atoms with Gasteiger partial charge in [0, 0.05) is 34.6 Å². The van der Waals surface area contributed by atoms with Crippen LogP contribution in [-0.2, 0) is 22.6 Å². The smallest absolute Gasteiger partial charge is 0.254 e. The lowest BCUT2D eigenvalue weighted by Gasteiger charge is -2.29. The fourth-order valence-electron chi connectivity index (χ4n) is 4.10. The van der Waals surface area contributed by atoms with Crippen molar-refractivity contribution >= 4 is 39.1 Å². The standard InChI is InChI=1S/C27H29BrN2O3S/c1-20-12-14-34-25(20)18-29(16-21-7-3-2-4-8-21)26(31)19-30(17-24-11-6-13-33-24)27(32)22-9-5-10-23(28)15-22/h2-5,7-10,12,14-15,24H,6,11,13,16-19H2,1H3. The summed E-state index contributed by atoms with van der Waals surface area (Å²) in [6.07, 6.45) is 1.85. The maximum absolute atomic E-state index is 13.7. The molecule has 1 aromatic heterocycles. The lowest BCUT2D eigenvalue weighted by Crippen LogP contribution is -2.45. The van der Waals surface area contributed by atoms with E-state index in [4.69, 9.17) is 4.74 Å². The number of rotatable bonds is 9. The zero-order valence-electron chi connectivity index (χ0n) is 19.3. The molecule has 1 unspecified atom stereocenters. The first kappa shape index (κ1) is 24.6. The Hall–Kier alpha value is -2.48. The van der Waals surface area contributed by atoms with Crippen LogP contribution in [0.15, 0.2) is 70.5 Å². The summed E-state index contributed by atoms with van der Waals surface area (Å²) >= 11 is 5.11. The van der Waals surface area contributed by atoms with Crippen LogP contribution in [0.4, 0.5) is 0 Å². The van der Waals surface area contributed by atoms with Gasteiger partial charge >= 0.3 is 0 Å². The topological polar surface area (TPSA) is 49.9 Å². The van der Waals surface area contributed by atoms with E-state index in [1.165, 1.54) is 5.56 Å². The zero-order chi connectivity index (χ0) is 23.9. The Bertz CT molecular complexity index is 1110. The van der Waals surface area contributed by atoms with Crippen LogP contribution >= 0.6 is 27.3 Å². The third kappa shape index (κ3) is 6.56. The Labute approximate surface area is 213 Å². The van der Waals surface area contributed by atoms with Crippen molar-refractivity contribution in [3.63, 3.8) is 0 Å². The van der Waals surface area contributed by atoms with E-state index in [0.29, 0.717) is 31.8 Å². The molecule has 1 aliphatic rings. The molecule has 2 heterocycles. The number of hydrogen-bond donors (Lipinski definition) is 0. The molecule has 34 heavy (non-hydrogen) atoms. The van der Waals surface area contributed by atoms with E-state index in [1.807, 2.05) is 47.4 Å². The number of benzene rings is 2. The van der Waals surface area contributed by atoms with Crippen LogP contribution < -0.4 is 0 Å². The molecule has 5 nitrogen and oxygen atoms in total. The molecule has 4 rings (SSSR count). The fourth-order valence-corrected chi connectivity index (χ4v) is 5.42. The van der Waals surface area contributed by atoms with E-state index < -0.39 is 0 Å². The van der Waals surface area contributed by atoms with E-state index >= 15 is 0 Å². The van der Waals surface area contributed by atoms with Gasteiger partial charge in [-0.15, -0.1) is 11.3 Å². The van der Waals surface area contributed by atoms with Crippen LogP contribution in [-0.4, -0.2) is 47.4 Å². The largest absolute Gasteiger partial charge is 0.376 e. The zero-order valence-corrected chi connectivity index (χ0v) is 21.7. The maximum atomic E-state index is 13.7. The van der Waals surface area contributed by atoms with Gasteiger partial charge in [-0.25, -0.2) is 0 Å². The summed E-state index contributed by atoms with van der Waals surface area (Å²) in [4.78, 5) is 31.8. The molecule has 1 aliphatic heterocycles. The maximum Gasteiger partial charge on any atom is 0.254 e. The molecule has 2 aromatic carbocycles. The van der Waals surface area contributed by atoms with Crippen molar-refractivity contribution in [2.45, 2.75) is 39.0 Å². The molecule has 3 aromatic rings. The molecule has 0 saturated carbocycles. The number of thiophene rings is 1. The van der Waals surface area contributed by atoms with E-state index in [-0.39, 0.29) is 24.5 Å². The molecule has 7 heteroatoms. The van der Waals surface area contributed by atoms with Crippen molar-refractivity contribution in [1.82, 2.24) is 9.80 Å². The van der Waals surface area contributed by atoms with E-state index in [0.717, 1.165) is 27.8 Å². The van der Waals surface area contributed by atoms with Crippen molar-refractivity contribution in [2.75, 3.05) is 19.7 Å². The average Bonchev–Trinajstić information content (AvgIpc) is 3.50. The highest BCUT2D eigenvalue weighted by molar-refractivity contribution is 9.10. The number of aryl methyl sites for hydroxylation is 1. The van der Waals surface area contributed by atoms with Gasteiger partial charge in [0.2, 0.25) is 5.91 Å². The van der Waals surface area contributed by atoms with Crippen LogP contribution in [0.3, 0.4) is 0 Å². The second-order valence-electron chi connectivity index (χ2n) is 8.59. The van der Waals surface area contributed by atoms with Crippen LogP contribution in [0.25, 0.3) is 0 Å². The lowest BCUT2D eigenvalue weighted by molar-refractivity contribution is -0.133. The van der Waals surface area contributed by atoms with Gasteiger partial charge in [-0.05, 0) is 60.5 Å². The summed E-state index contributed by atoms with van der Waals surface area (Å²) in [6.45, 7) is 4.22. The van der Waals surface area contributed by atoms with Crippen LogP contribution in [0.1, 0.15) is 39.2 Å². The van der Waals surface area contributed by atoms with Gasteiger partial charge in [0.1, 0.15) is 6.54 Å². The van der Waals surface area contributed by atoms with Crippen LogP contribution in [0, 0.1) is 6.92 Å². The fraction of sp³-hybridized carbons (Fsp3) is 0.333. The number of amides is 2. The van der Waals surface area contributed by atoms with Crippen molar-refractivity contribution in [1.29, 1.82) is 0 Å². The summed E-state index contributed by atoms with van der Waals surface area (Å²) in [7, 11) is 0. The highest BCUT2D eigenvalue weighted by Crippen LogP contribution is 2.21. The molecule has 0 radical (unpaired) electrons. The van der Waals surface area contributed by atoms with E-state index in [9.17, 15) is 9.59 Å². The van der Waals surface area contributed by atoms with Gasteiger partial charge in [-0.3, -0.25) is 9.59 Å². The van der Waals surface area contributed by atoms with Gasteiger partial charge in [0.05, 0.1) is 12.6 Å². The van der Waals surface area contributed by atoms with Gasteiger partial charge in [0.25, 0.3) is 5.91 Å². The SMILES string of the molecule is Cc1ccsc1CN(Cc1ccccc1)C(=O)CN(CC1CCCO1)C(=O)c1cccc(Br)c1. The lowest BCUT2D eigenvalue weighted by atomic mass is 10.1. The first-order valence-corrected chi connectivity index (χ1v) is 13.2. The van der Waals surface area contributed by atoms with Gasteiger partial charge in [-0.1, -0.05) is 52.3 Å². The highest BCUT2D eigenvalue weighted by atomic mass is 79.9. The van der Waals surface area contributed by atoms with Gasteiger partial charge in [0.15, 0.2) is 0 Å². The summed E-state index contributed by atoms with van der Waals surface area (Å²) in [6, 6.07) is 19.4. The van der Waals surface area contributed by atoms with Crippen molar-refractivity contribution in [2.24, 2.45) is 0 Å². The number of carbonyl (C=O) groups is 2. The highest BCUT2D eigenvalue weighted by Gasteiger charge is 2.27. The first-order valence-electron chi connectivity index (χ1n) is 11.5. The Morgan fingerprint density at radius 1 is 1.06 bits per heavy atom. The summed E-state index contributed by atoms with van der Waals surface area (Å²) in [5, 5.41) is 2.05. The molecular weight excluding hydrogens is 512 g/mol. The number of nitrogens with zero attached hydrogens (tertiary/aromatic N) is 2. The predicted molar refractivity (Wildman–Crippen MR) is 139 cm³/mol. The minimum Gasteiger partial charge on any atom is -0.376 e. The van der Waals surface area contributed by atoms with Crippen LogP contribution in [0.5, 0.6) is 0 Å². The van der Waals surface area contributed by atoms with Crippen molar-refractivity contribution in [3.05, 3.63) is 92.1 Å². The summed E-state index contributed by atoms with van der Waals surface area (Å²) in [5.74, 6) is -0.227. The van der Waals surface area contributed by atoms with E-state index in [2.05, 4.69) is 34.3 Å². The first-order chi connectivity index (χ1) is 16.5. The Morgan fingerprint density at radius 3 is 2.56 bits per heavy atom. The third-order valence-corrected chi connectivity index (χ3v) is 7.51. The third-order valence-electron chi connectivity index (χ3n) is 6.00. The van der Waals surface area contributed by atoms with Crippen LogP contribution in [0.2, 0.25) is 0 Å². The molecule has 0 bridgehead atoms. The average molecular weight is 542 g/mol. The second-order valence-corrected chi connectivity index (χ2v) is 10.5. The van der Waals surface area contributed by atoms with Gasteiger partial charge in [-0.2, -0.15) is 0 Å². The minimum absolute atomic E-state index is 0.0163. The van der Waals surface area contributed by atoms with Crippen molar-refractivity contribution in [3.8, 4) is 0 Å². The predicted octanol–water partition coefficient (Wildman–Crippen LogP) is 5.67. The van der Waals surface area contributed by atoms with Gasteiger partial charge < -0.3 is 14.5 Å². The molecule has 1 fully saturated rings. The molecule has 0 spiro atoms. The number of ether oxygens (including phenoxy) is 1. The quantitative estimate of drug-likeness (QED) is 0.351. The monoisotopic (exact) mass is 540 g/mol. The summed E-state index contributed by atoms with van der Waals surface area (Å²) < 4.78 is 6.64. The molecule has 1 saturated heterocycles. The number of halogens is 1. The van der Waals surface area contributed by atoms with E-state index in [1.54, 1.807) is 28.4 Å². The number of hydrogen-bond acceptors (Lipinski definition) is 4. The Balaban J connectivity index is 1.56. The normalized spacial score (nSPS) is 15.3. The Kier molecular flexibility index (Phi) is 8.53. The molecule has 1 atom stereocenters. The molecular formula is C27H29BrN2O3S. The molecule has 0 N–H and O–H groups in total. The summed E-state index contributed by atoms with van der Waals surface area (Å²) in [5.41, 5.74) is 2.80. The second kappa shape index (κ2) is 11.8. The molecule has 178 valence electrons.